The molecule has 0 radical (unpaired) electrons. The Balaban J connectivity index is 2.34. The third-order valence-electron chi connectivity index (χ3n) is 4.16. The van der Waals surface area contributed by atoms with Gasteiger partial charge >= 0.3 is 0 Å². The van der Waals surface area contributed by atoms with Crippen LogP contribution < -0.4 is 4.74 Å². The molecule has 1 N–H and O–H groups in total. The van der Waals surface area contributed by atoms with Gasteiger partial charge in [0.05, 0.1) is 13.2 Å². The van der Waals surface area contributed by atoms with E-state index in [1.165, 1.54) is 12.8 Å². The highest BCUT2D eigenvalue weighted by molar-refractivity contribution is 9.10. The number of aliphatic hydroxyl groups excluding tert-OH is 1. The lowest BCUT2D eigenvalue weighted by Gasteiger charge is -2.24. The minimum atomic E-state index is -0.422. The molecule has 3 unspecified atom stereocenters. The Morgan fingerprint density at radius 2 is 2.11 bits per heavy atom. The SMILES string of the molecule is COc1cc(C)c(Br)cc1C(O)C1CCCC1C. The minimum absolute atomic E-state index is 0.355. The second-order valence-electron chi connectivity index (χ2n) is 5.36. The van der Waals surface area contributed by atoms with E-state index in [2.05, 4.69) is 22.9 Å². The molecule has 0 aliphatic heterocycles. The van der Waals surface area contributed by atoms with Crippen LogP contribution in [-0.4, -0.2) is 12.2 Å². The van der Waals surface area contributed by atoms with E-state index in [1.54, 1.807) is 7.11 Å². The lowest BCUT2D eigenvalue weighted by atomic mass is 9.87. The zero-order chi connectivity index (χ0) is 13.3. The van der Waals surface area contributed by atoms with Crippen molar-refractivity contribution in [3.8, 4) is 5.75 Å². The van der Waals surface area contributed by atoms with E-state index in [9.17, 15) is 5.11 Å². The smallest absolute Gasteiger partial charge is 0.125 e. The van der Waals surface area contributed by atoms with Gasteiger partial charge in [-0.1, -0.05) is 35.7 Å². The number of halogens is 1. The molecule has 3 heteroatoms. The second kappa shape index (κ2) is 5.62. The number of rotatable bonds is 3. The van der Waals surface area contributed by atoms with Gasteiger partial charge in [-0.2, -0.15) is 0 Å². The molecule has 0 bridgehead atoms. The van der Waals surface area contributed by atoms with Crippen LogP contribution in [0.15, 0.2) is 16.6 Å². The van der Waals surface area contributed by atoms with Gasteiger partial charge in [-0.15, -0.1) is 0 Å². The predicted octanol–water partition coefficient (Wildman–Crippen LogP) is 4.24. The van der Waals surface area contributed by atoms with Crippen molar-refractivity contribution in [1.29, 1.82) is 0 Å². The van der Waals surface area contributed by atoms with Crippen LogP contribution in [0.1, 0.15) is 43.4 Å². The number of hydrogen-bond donors (Lipinski definition) is 1. The lowest BCUT2D eigenvalue weighted by Crippen LogP contribution is -2.16. The van der Waals surface area contributed by atoms with Crippen LogP contribution in [0.25, 0.3) is 0 Å². The Bertz CT molecular complexity index is 431. The molecule has 1 aliphatic carbocycles. The maximum Gasteiger partial charge on any atom is 0.125 e. The summed E-state index contributed by atoms with van der Waals surface area (Å²) in [5, 5.41) is 10.6. The van der Waals surface area contributed by atoms with Crippen molar-refractivity contribution in [2.75, 3.05) is 7.11 Å². The van der Waals surface area contributed by atoms with Crippen LogP contribution >= 0.6 is 15.9 Å². The highest BCUT2D eigenvalue weighted by Crippen LogP contribution is 2.43. The molecular weight excluding hydrogens is 292 g/mol. The average molecular weight is 313 g/mol. The zero-order valence-electron chi connectivity index (χ0n) is 11.2. The molecule has 1 saturated carbocycles. The number of ether oxygens (including phenoxy) is 1. The number of aliphatic hydroxyl groups is 1. The van der Waals surface area contributed by atoms with Gasteiger partial charge in [0, 0.05) is 10.0 Å². The van der Waals surface area contributed by atoms with Crippen molar-refractivity contribution in [2.45, 2.75) is 39.2 Å². The zero-order valence-corrected chi connectivity index (χ0v) is 12.8. The first-order valence-electron chi connectivity index (χ1n) is 6.56. The Morgan fingerprint density at radius 1 is 1.39 bits per heavy atom. The monoisotopic (exact) mass is 312 g/mol. The maximum absolute atomic E-state index is 10.6. The average Bonchev–Trinajstić information content (AvgIpc) is 2.77. The van der Waals surface area contributed by atoms with Crippen molar-refractivity contribution < 1.29 is 9.84 Å². The molecule has 2 nitrogen and oxygen atoms in total. The van der Waals surface area contributed by atoms with Crippen LogP contribution in [0.5, 0.6) is 5.75 Å². The summed E-state index contributed by atoms with van der Waals surface area (Å²) in [5.41, 5.74) is 2.04. The van der Waals surface area contributed by atoms with E-state index in [0.29, 0.717) is 11.8 Å². The van der Waals surface area contributed by atoms with Crippen molar-refractivity contribution in [1.82, 2.24) is 0 Å². The molecule has 100 valence electrons. The van der Waals surface area contributed by atoms with E-state index in [4.69, 9.17) is 4.74 Å². The quantitative estimate of drug-likeness (QED) is 0.904. The topological polar surface area (TPSA) is 29.5 Å². The van der Waals surface area contributed by atoms with Crippen LogP contribution in [0.4, 0.5) is 0 Å². The fraction of sp³-hybridized carbons (Fsp3) is 0.600. The second-order valence-corrected chi connectivity index (χ2v) is 6.21. The van der Waals surface area contributed by atoms with Gasteiger partial charge < -0.3 is 9.84 Å². The molecule has 1 aromatic carbocycles. The van der Waals surface area contributed by atoms with E-state index in [1.807, 2.05) is 19.1 Å². The van der Waals surface area contributed by atoms with Gasteiger partial charge in [0.1, 0.15) is 5.75 Å². The molecule has 0 aromatic heterocycles. The van der Waals surface area contributed by atoms with Crippen LogP contribution in [-0.2, 0) is 0 Å². The van der Waals surface area contributed by atoms with Gasteiger partial charge in [-0.3, -0.25) is 0 Å². The van der Waals surface area contributed by atoms with Crippen molar-refractivity contribution in [3.05, 3.63) is 27.7 Å². The molecule has 1 fully saturated rings. The highest BCUT2D eigenvalue weighted by Gasteiger charge is 2.32. The molecule has 0 heterocycles. The molecule has 3 atom stereocenters. The number of hydrogen-bond acceptors (Lipinski definition) is 2. The number of benzene rings is 1. The van der Waals surface area contributed by atoms with Gasteiger partial charge in [-0.25, -0.2) is 0 Å². The molecular formula is C15H21BrO2. The molecule has 0 spiro atoms. The Kier molecular flexibility index (Phi) is 4.33. The normalized spacial score (nSPS) is 25.2. The first kappa shape index (κ1) is 13.9. The van der Waals surface area contributed by atoms with Gasteiger partial charge in [0.25, 0.3) is 0 Å². The summed E-state index contributed by atoms with van der Waals surface area (Å²) in [7, 11) is 1.66. The molecule has 1 aromatic rings. The minimum Gasteiger partial charge on any atom is -0.496 e. The fourth-order valence-electron chi connectivity index (χ4n) is 2.95. The maximum atomic E-state index is 10.6. The van der Waals surface area contributed by atoms with E-state index in [0.717, 1.165) is 27.8 Å². The standard InChI is InChI=1S/C15H21BrO2/c1-9-5-4-6-11(9)15(17)12-8-13(16)10(2)7-14(12)18-3/h7-9,11,15,17H,4-6H2,1-3H3. The lowest BCUT2D eigenvalue weighted by molar-refractivity contribution is 0.0874. The van der Waals surface area contributed by atoms with E-state index in [-0.39, 0.29) is 0 Å². The summed E-state index contributed by atoms with van der Waals surface area (Å²) < 4.78 is 6.45. The summed E-state index contributed by atoms with van der Waals surface area (Å²) in [6, 6.07) is 3.99. The van der Waals surface area contributed by atoms with Crippen molar-refractivity contribution >= 4 is 15.9 Å². The molecule has 1 aliphatic rings. The third-order valence-corrected chi connectivity index (χ3v) is 5.02. The Labute approximate surface area is 117 Å². The Hall–Kier alpha value is -0.540. The highest BCUT2D eigenvalue weighted by atomic mass is 79.9. The van der Waals surface area contributed by atoms with E-state index >= 15 is 0 Å². The van der Waals surface area contributed by atoms with Gasteiger partial charge in [0.15, 0.2) is 0 Å². The first-order chi connectivity index (χ1) is 8.54. The summed E-state index contributed by atoms with van der Waals surface area (Å²) in [6.07, 6.45) is 3.13. The molecule has 0 saturated heterocycles. The fourth-order valence-corrected chi connectivity index (χ4v) is 3.31. The van der Waals surface area contributed by atoms with Gasteiger partial charge in [-0.05, 0) is 42.9 Å². The van der Waals surface area contributed by atoms with Crippen LogP contribution in [0, 0.1) is 18.8 Å². The first-order valence-corrected chi connectivity index (χ1v) is 7.36. The summed E-state index contributed by atoms with van der Waals surface area (Å²) in [4.78, 5) is 0. The Morgan fingerprint density at radius 3 is 2.67 bits per heavy atom. The molecule has 0 amide bonds. The third kappa shape index (κ3) is 2.57. The molecule has 2 rings (SSSR count). The summed E-state index contributed by atoms with van der Waals surface area (Å²) in [6.45, 7) is 4.26. The largest absolute Gasteiger partial charge is 0.496 e. The van der Waals surface area contributed by atoms with Crippen LogP contribution in [0.2, 0.25) is 0 Å². The van der Waals surface area contributed by atoms with Crippen LogP contribution in [0.3, 0.4) is 0 Å². The summed E-state index contributed by atoms with van der Waals surface area (Å²) >= 11 is 3.53. The predicted molar refractivity (Wildman–Crippen MR) is 76.9 cm³/mol. The number of aryl methyl sites for hydroxylation is 1. The number of methoxy groups -OCH3 is 1. The summed E-state index contributed by atoms with van der Waals surface area (Å²) in [5.74, 6) is 1.74. The van der Waals surface area contributed by atoms with Crippen molar-refractivity contribution in [2.24, 2.45) is 11.8 Å². The van der Waals surface area contributed by atoms with Crippen molar-refractivity contribution in [3.63, 3.8) is 0 Å². The molecule has 18 heavy (non-hydrogen) atoms. The van der Waals surface area contributed by atoms with Gasteiger partial charge in [0.2, 0.25) is 0 Å². The van der Waals surface area contributed by atoms with E-state index < -0.39 is 6.10 Å².